The van der Waals surface area contributed by atoms with Gasteiger partial charge in [0, 0.05) is 6.20 Å². The lowest BCUT2D eigenvalue weighted by atomic mass is 10.1. The third kappa shape index (κ3) is 1.52. The molecule has 0 radical (unpaired) electrons. The molecule has 1 atom stereocenters. The first-order chi connectivity index (χ1) is 6.16. The van der Waals surface area contributed by atoms with Gasteiger partial charge in [-0.15, -0.1) is 0 Å². The first-order valence-electron chi connectivity index (χ1n) is 4.10. The zero-order valence-corrected chi connectivity index (χ0v) is 8.28. The van der Waals surface area contributed by atoms with E-state index < -0.39 is 0 Å². The third-order valence-electron chi connectivity index (χ3n) is 2.05. The molecule has 68 valence electrons. The highest BCUT2D eigenvalue weighted by atomic mass is 35.5. The molecule has 0 aromatic heterocycles. The summed E-state index contributed by atoms with van der Waals surface area (Å²) < 4.78 is 0. The SMILES string of the molecule is CC1=CC2=NC(Cl)C=CN2N=C1C. The predicted octanol–water partition coefficient (Wildman–Crippen LogP) is 2.11. The van der Waals surface area contributed by atoms with Crippen LogP contribution in [0.5, 0.6) is 0 Å². The fourth-order valence-corrected chi connectivity index (χ4v) is 1.35. The summed E-state index contributed by atoms with van der Waals surface area (Å²) in [6.07, 6.45) is 5.63. The lowest BCUT2D eigenvalue weighted by molar-refractivity contribution is 0.583. The topological polar surface area (TPSA) is 28.0 Å². The normalized spacial score (nSPS) is 26.2. The van der Waals surface area contributed by atoms with Gasteiger partial charge >= 0.3 is 0 Å². The van der Waals surface area contributed by atoms with Crippen LogP contribution in [0, 0.1) is 0 Å². The van der Waals surface area contributed by atoms with E-state index in [1.807, 2.05) is 26.1 Å². The van der Waals surface area contributed by atoms with E-state index in [1.54, 1.807) is 11.1 Å². The monoisotopic (exact) mass is 195 g/mol. The van der Waals surface area contributed by atoms with Crippen LogP contribution in [0.25, 0.3) is 0 Å². The molecule has 0 aliphatic carbocycles. The van der Waals surface area contributed by atoms with Crippen LogP contribution in [0.4, 0.5) is 0 Å². The van der Waals surface area contributed by atoms with E-state index in [0.717, 1.165) is 17.1 Å². The van der Waals surface area contributed by atoms with Crippen LogP contribution in [0.1, 0.15) is 13.8 Å². The molecule has 2 aliphatic rings. The van der Waals surface area contributed by atoms with Crippen LogP contribution in [0.15, 0.2) is 34.0 Å². The number of fused-ring (bicyclic) bond motifs is 1. The Bertz CT molecular complexity index is 352. The maximum absolute atomic E-state index is 5.84. The van der Waals surface area contributed by atoms with E-state index in [2.05, 4.69) is 10.1 Å². The highest BCUT2D eigenvalue weighted by Crippen LogP contribution is 2.17. The molecule has 0 N–H and O–H groups in total. The minimum atomic E-state index is -0.260. The summed E-state index contributed by atoms with van der Waals surface area (Å²) in [5.41, 5.74) is 1.88. The number of hydrazone groups is 1. The average Bonchev–Trinajstić information content (AvgIpc) is 2.08. The van der Waals surface area contributed by atoms with Crippen molar-refractivity contribution in [3.63, 3.8) is 0 Å². The van der Waals surface area contributed by atoms with Crippen LogP contribution in [0.3, 0.4) is 0 Å². The second-order valence-electron chi connectivity index (χ2n) is 3.06. The van der Waals surface area contributed by atoms with Gasteiger partial charge in [-0.25, -0.2) is 10.0 Å². The molecule has 0 fully saturated rings. The lowest BCUT2D eigenvalue weighted by Crippen LogP contribution is -2.28. The van der Waals surface area contributed by atoms with Crippen LogP contribution < -0.4 is 0 Å². The molecule has 0 aromatic carbocycles. The number of rotatable bonds is 0. The standard InChI is InChI=1S/C9H10ClN3/c1-6-5-9-11-8(10)3-4-13(9)12-7(6)2/h3-5,8H,1-2H3. The maximum atomic E-state index is 5.84. The van der Waals surface area contributed by atoms with E-state index in [0.29, 0.717) is 0 Å². The number of allylic oxidation sites excluding steroid dienone is 1. The number of amidine groups is 1. The number of aliphatic imine (C=N–C) groups is 1. The summed E-state index contributed by atoms with van der Waals surface area (Å²) in [4.78, 5) is 4.23. The molecule has 13 heavy (non-hydrogen) atoms. The summed E-state index contributed by atoms with van der Waals surface area (Å²) in [5.74, 6) is 0.811. The first-order valence-corrected chi connectivity index (χ1v) is 4.54. The predicted molar refractivity (Wildman–Crippen MR) is 54.9 cm³/mol. The molecule has 1 unspecified atom stereocenters. The first kappa shape index (κ1) is 8.51. The Balaban J connectivity index is 2.37. The Labute approximate surface area is 82.1 Å². The summed E-state index contributed by atoms with van der Waals surface area (Å²) in [6.45, 7) is 3.99. The zero-order valence-electron chi connectivity index (χ0n) is 7.53. The fourth-order valence-electron chi connectivity index (χ4n) is 1.18. The molecule has 2 rings (SSSR count). The van der Waals surface area contributed by atoms with Crippen molar-refractivity contribution in [3.8, 4) is 0 Å². The molecule has 0 spiro atoms. The van der Waals surface area contributed by atoms with E-state index in [9.17, 15) is 0 Å². The molecule has 2 heterocycles. The number of nitrogens with zero attached hydrogens (tertiary/aromatic N) is 3. The highest BCUT2D eigenvalue weighted by Gasteiger charge is 2.17. The van der Waals surface area contributed by atoms with Crippen molar-refractivity contribution in [3.05, 3.63) is 23.9 Å². The van der Waals surface area contributed by atoms with Crippen molar-refractivity contribution in [2.45, 2.75) is 19.3 Å². The second-order valence-corrected chi connectivity index (χ2v) is 3.51. The van der Waals surface area contributed by atoms with Gasteiger partial charge in [-0.05, 0) is 31.6 Å². The molecule has 2 aliphatic heterocycles. The van der Waals surface area contributed by atoms with Gasteiger partial charge in [0.15, 0.2) is 5.84 Å². The van der Waals surface area contributed by atoms with Crippen LogP contribution >= 0.6 is 11.6 Å². The molecule has 0 saturated heterocycles. The Morgan fingerprint density at radius 1 is 1.46 bits per heavy atom. The van der Waals surface area contributed by atoms with Crippen LogP contribution in [0.2, 0.25) is 0 Å². The lowest BCUT2D eigenvalue weighted by Gasteiger charge is -2.24. The Kier molecular flexibility index (Phi) is 1.96. The molecule has 0 bridgehead atoms. The Morgan fingerprint density at radius 2 is 2.23 bits per heavy atom. The molecular formula is C9H10ClN3. The Morgan fingerprint density at radius 3 is 3.00 bits per heavy atom. The summed E-state index contributed by atoms with van der Waals surface area (Å²) >= 11 is 5.84. The van der Waals surface area contributed by atoms with Crippen LogP contribution in [-0.2, 0) is 0 Å². The maximum Gasteiger partial charge on any atom is 0.150 e. The van der Waals surface area contributed by atoms with Gasteiger partial charge in [-0.1, -0.05) is 11.6 Å². The van der Waals surface area contributed by atoms with Gasteiger partial charge in [0.25, 0.3) is 0 Å². The van der Waals surface area contributed by atoms with E-state index >= 15 is 0 Å². The van der Waals surface area contributed by atoms with E-state index in [-0.39, 0.29) is 5.50 Å². The quantitative estimate of drug-likeness (QED) is 0.430. The van der Waals surface area contributed by atoms with E-state index in [1.165, 1.54) is 0 Å². The number of hydrogen-bond acceptors (Lipinski definition) is 3. The number of halogens is 1. The molecule has 4 heteroatoms. The van der Waals surface area contributed by atoms with Gasteiger partial charge in [0.1, 0.15) is 5.50 Å². The average molecular weight is 196 g/mol. The summed E-state index contributed by atoms with van der Waals surface area (Å²) in [7, 11) is 0. The third-order valence-corrected chi connectivity index (χ3v) is 2.29. The van der Waals surface area contributed by atoms with E-state index in [4.69, 9.17) is 11.6 Å². The minimum absolute atomic E-state index is 0.260. The molecule has 3 nitrogen and oxygen atoms in total. The van der Waals surface area contributed by atoms with Crippen molar-refractivity contribution in [2.75, 3.05) is 0 Å². The van der Waals surface area contributed by atoms with Crippen LogP contribution in [-0.4, -0.2) is 22.1 Å². The summed E-state index contributed by atoms with van der Waals surface area (Å²) in [6, 6.07) is 0. The van der Waals surface area contributed by atoms with Gasteiger partial charge in [-0.2, -0.15) is 5.10 Å². The molecule has 0 saturated carbocycles. The molecule has 0 amide bonds. The van der Waals surface area contributed by atoms with Crippen molar-refractivity contribution in [2.24, 2.45) is 10.1 Å². The molecular weight excluding hydrogens is 186 g/mol. The summed E-state index contributed by atoms with van der Waals surface area (Å²) in [5, 5.41) is 6.06. The van der Waals surface area contributed by atoms with Crippen molar-refractivity contribution in [1.29, 1.82) is 0 Å². The smallest absolute Gasteiger partial charge is 0.150 e. The zero-order chi connectivity index (χ0) is 9.42. The Hall–Kier alpha value is -1.09. The number of hydrogen-bond donors (Lipinski definition) is 0. The van der Waals surface area contributed by atoms with Crippen molar-refractivity contribution < 1.29 is 0 Å². The highest BCUT2D eigenvalue weighted by molar-refractivity contribution is 6.23. The fraction of sp³-hybridized carbons (Fsp3) is 0.333. The van der Waals surface area contributed by atoms with Gasteiger partial charge in [0.05, 0.1) is 5.71 Å². The van der Waals surface area contributed by atoms with Gasteiger partial charge in [0.2, 0.25) is 0 Å². The second kappa shape index (κ2) is 3.00. The number of alkyl halides is 1. The minimum Gasteiger partial charge on any atom is -0.243 e. The molecule has 0 aromatic rings. The van der Waals surface area contributed by atoms with Gasteiger partial charge < -0.3 is 0 Å². The largest absolute Gasteiger partial charge is 0.243 e. The van der Waals surface area contributed by atoms with Gasteiger partial charge in [-0.3, -0.25) is 0 Å². The van der Waals surface area contributed by atoms with Crippen molar-refractivity contribution >= 4 is 23.1 Å². The van der Waals surface area contributed by atoms with Crippen molar-refractivity contribution in [1.82, 2.24) is 5.01 Å².